The van der Waals surface area contributed by atoms with Gasteiger partial charge in [0.2, 0.25) is 5.91 Å². The predicted octanol–water partition coefficient (Wildman–Crippen LogP) is 4.26. The summed E-state index contributed by atoms with van der Waals surface area (Å²) in [7, 11) is 0. The van der Waals surface area contributed by atoms with Gasteiger partial charge in [0.1, 0.15) is 5.82 Å². The van der Waals surface area contributed by atoms with Crippen molar-refractivity contribution >= 4 is 11.9 Å². The molecule has 33 heavy (non-hydrogen) atoms. The first kappa shape index (κ1) is 23.3. The van der Waals surface area contributed by atoms with E-state index in [1.54, 1.807) is 4.90 Å². The molecule has 0 bridgehead atoms. The Morgan fingerprint density at radius 1 is 1.09 bits per heavy atom. The molecule has 4 rings (SSSR count). The third-order valence-electron chi connectivity index (χ3n) is 6.66. The van der Waals surface area contributed by atoms with Crippen molar-refractivity contribution in [2.75, 3.05) is 6.54 Å². The Morgan fingerprint density at radius 3 is 2.36 bits per heavy atom. The summed E-state index contributed by atoms with van der Waals surface area (Å²) < 4.78 is 55.2. The molecule has 2 aliphatic rings. The van der Waals surface area contributed by atoms with Gasteiger partial charge in [0.25, 0.3) is 0 Å². The number of rotatable bonds is 5. The van der Waals surface area contributed by atoms with Crippen LogP contribution in [0.3, 0.4) is 0 Å². The maximum absolute atomic E-state index is 13.6. The molecule has 178 valence electrons. The third-order valence-corrected chi connectivity index (χ3v) is 6.66. The van der Waals surface area contributed by atoms with Crippen LogP contribution < -0.4 is 0 Å². The van der Waals surface area contributed by atoms with Crippen LogP contribution in [0, 0.1) is 17.7 Å². The fraction of sp³-hybridized carbons (Fsp3) is 0.522. The summed E-state index contributed by atoms with van der Waals surface area (Å²) in [6.07, 6.45) is -1.89. The van der Waals surface area contributed by atoms with Gasteiger partial charge in [-0.05, 0) is 55.7 Å². The molecule has 1 aromatic carbocycles. The van der Waals surface area contributed by atoms with E-state index >= 15 is 0 Å². The van der Waals surface area contributed by atoms with Crippen molar-refractivity contribution in [3.63, 3.8) is 0 Å². The van der Waals surface area contributed by atoms with Crippen molar-refractivity contribution in [1.29, 1.82) is 0 Å². The number of hydrogen-bond acceptors (Lipinski definition) is 3. The van der Waals surface area contributed by atoms with Crippen molar-refractivity contribution in [3.05, 3.63) is 52.6 Å². The molecule has 0 saturated heterocycles. The zero-order chi connectivity index (χ0) is 23.8. The minimum atomic E-state index is -4.60. The van der Waals surface area contributed by atoms with Crippen LogP contribution in [0.5, 0.6) is 0 Å². The fourth-order valence-corrected chi connectivity index (χ4v) is 4.80. The lowest BCUT2D eigenvalue weighted by atomic mass is 9.80. The summed E-state index contributed by atoms with van der Waals surface area (Å²) in [4.78, 5) is 25.6. The quantitative estimate of drug-likeness (QED) is 0.667. The standard InChI is InChI=1S/C23H25F4N3O3/c24-17-7-3-15(4-8-17)12-30-19-13-29(10-9-18(19)21(28-30)23(25,26)27)20(31)11-14-1-5-16(6-2-14)22(32)33/h3-4,7-8,14,16H,1-2,5-6,9-13H2,(H,32,33). The molecule has 1 aromatic heterocycles. The van der Waals surface area contributed by atoms with Crippen LogP contribution in [-0.4, -0.2) is 38.2 Å². The SMILES string of the molecule is O=C(O)C1CCC(CC(=O)N2CCc3c(C(F)(F)F)nn(Cc4ccc(F)cc4)c3C2)CC1. The van der Waals surface area contributed by atoms with Gasteiger partial charge < -0.3 is 10.0 Å². The molecular formula is C23H25F4N3O3. The highest BCUT2D eigenvalue weighted by Crippen LogP contribution is 2.36. The van der Waals surface area contributed by atoms with Gasteiger partial charge in [0.05, 0.1) is 24.7 Å². The molecule has 1 saturated carbocycles. The highest BCUT2D eigenvalue weighted by Gasteiger charge is 2.41. The first-order valence-electron chi connectivity index (χ1n) is 11.0. The van der Waals surface area contributed by atoms with E-state index in [-0.39, 0.29) is 55.8 Å². The van der Waals surface area contributed by atoms with Gasteiger partial charge in [-0.25, -0.2) is 4.39 Å². The highest BCUT2D eigenvalue weighted by atomic mass is 19.4. The maximum Gasteiger partial charge on any atom is 0.435 e. The first-order valence-corrected chi connectivity index (χ1v) is 11.0. The van der Waals surface area contributed by atoms with Gasteiger partial charge in [-0.1, -0.05) is 12.1 Å². The van der Waals surface area contributed by atoms with E-state index in [2.05, 4.69) is 5.10 Å². The molecule has 10 heteroatoms. The van der Waals surface area contributed by atoms with Crippen LogP contribution in [0.25, 0.3) is 0 Å². The number of carbonyl (C=O) groups excluding carboxylic acids is 1. The predicted molar refractivity (Wildman–Crippen MR) is 110 cm³/mol. The average molecular weight is 467 g/mol. The topological polar surface area (TPSA) is 75.4 Å². The molecule has 0 radical (unpaired) electrons. The second kappa shape index (κ2) is 9.15. The Morgan fingerprint density at radius 2 is 1.76 bits per heavy atom. The molecule has 1 N–H and O–H groups in total. The van der Waals surface area contributed by atoms with E-state index in [4.69, 9.17) is 5.11 Å². The van der Waals surface area contributed by atoms with Gasteiger partial charge in [-0.3, -0.25) is 14.3 Å². The molecule has 6 nitrogen and oxygen atoms in total. The van der Waals surface area contributed by atoms with E-state index < -0.39 is 23.7 Å². The number of alkyl halides is 3. The molecule has 2 heterocycles. The van der Waals surface area contributed by atoms with Gasteiger partial charge in [0, 0.05) is 18.5 Å². The van der Waals surface area contributed by atoms with Gasteiger partial charge >= 0.3 is 12.1 Å². The summed E-state index contributed by atoms with van der Waals surface area (Å²) in [5, 5.41) is 12.9. The van der Waals surface area contributed by atoms with E-state index in [1.165, 1.54) is 28.9 Å². The Hall–Kier alpha value is -2.91. The highest BCUT2D eigenvalue weighted by molar-refractivity contribution is 5.77. The molecular weight excluding hydrogens is 442 g/mol. The van der Waals surface area contributed by atoms with Gasteiger partial charge in [-0.2, -0.15) is 18.3 Å². The minimum Gasteiger partial charge on any atom is -0.481 e. The smallest absolute Gasteiger partial charge is 0.435 e. The zero-order valence-corrected chi connectivity index (χ0v) is 17.9. The van der Waals surface area contributed by atoms with Crippen molar-refractivity contribution in [1.82, 2.24) is 14.7 Å². The number of amides is 1. The summed E-state index contributed by atoms with van der Waals surface area (Å²) >= 11 is 0. The zero-order valence-electron chi connectivity index (χ0n) is 17.9. The lowest BCUT2D eigenvalue weighted by Gasteiger charge is -2.31. The number of nitrogens with zero attached hydrogens (tertiary/aromatic N) is 3. The van der Waals surface area contributed by atoms with Crippen molar-refractivity contribution in [2.45, 2.75) is 57.8 Å². The number of benzene rings is 1. The van der Waals surface area contributed by atoms with Crippen LogP contribution >= 0.6 is 0 Å². The molecule has 1 aliphatic carbocycles. The summed E-state index contributed by atoms with van der Waals surface area (Å²) in [6, 6.07) is 5.47. The van der Waals surface area contributed by atoms with Gasteiger partial charge in [-0.15, -0.1) is 0 Å². The number of aliphatic carboxylic acids is 1. The van der Waals surface area contributed by atoms with Crippen LogP contribution in [-0.2, 0) is 35.3 Å². The second-order valence-corrected chi connectivity index (χ2v) is 8.88. The number of carbonyl (C=O) groups is 2. The van der Waals surface area contributed by atoms with Crippen molar-refractivity contribution in [3.8, 4) is 0 Å². The first-order chi connectivity index (χ1) is 15.6. The fourth-order valence-electron chi connectivity index (χ4n) is 4.80. The summed E-state index contributed by atoms with van der Waals surface area (Å²) in [6.45, 7) is 0.254. The Labute approximate surface area is 188 Å². The normalized spacial score (nSPS) is 21.0. The largest absolute Gasteiger partial charge is 0.481 e. The van der Waals surface area contributed by atoms with Crippen molar-refractivity contribution < 1.29 is 32.3 Å². The lowest BCUT2D eigenvalue weighted by Crippen LogP contribution is -2.38. The average Bonchev–Trinajstić information content (AvgIpc) is 3.14. The number of carboxylic acid groups (broad SMARTS) is 1. The molecule has 1 amide bonds. The molecule has 0 unspecified atom stereocenters. The Bertz CT molecular complexity index is 1020. The number of carboxylic acids is 1. The monoisotopic (exact) mass is 467 g/mol. The van der Waals surface area contributed by atoms with Crippen LogP contribution in [0.2, 0.25) is 0 Å². The van der Waals surface area contributed by atoms with Crippen LogP contribution in [0.1, 0.15) is 54.6 Å². The van der Waals surface area contributed by atoms with Crippen LogP contribution in [0.4, 0.5) is 17.6 Å². The van der Waals surface area contributed by atoms with E-state index in [0.717, 1.165) is 0 Å². The third kappa shape index (κ3) is 5.20. The van der Waals surface area contributed by atoms with E-state index in [0.29, 0.717) is 36.9 Å². The van der Waals surface area contributed by atoms with Gasteiger partial charge in [0.15, 0.2) is 5.69 Å². The molecule has 1 aliphatic heterocycles. The lowest BCUT2D eigenvalue weighted by molar-refractivity contribution is -0.143. The number of hydrogen-bond donors (Lipinski definition) is 1. The number of fused-ring (bicyclic) bond motifs is 1. The molecule has 2 aromatic rings. The Balaban J connectivity index is 1.49. The molecule has 0 spiro atoms. The van der Waals surface area contributed by atoms with Crippen molar-refractivity contribution in [2.24, 2.45) is 11.8 Å². The van der Waals surface area contributed by atoms with E-state index in [9.17, 15) is 27.2 Å². The number of aromatic nitrogens is 2. The Kier molecular flexibility index (Phi) is 6.45. The second-order valence-electron chi connectivity index (χ2n) is 8.88. The molecule has 0 atom stereocenters. The minimum absolute atomic E-state index is 0.0307. The summed E-state index contributed by atoms with van der Waals surface area (Å²) in [5.41, 5.74) is 0.129. The van der Waals surface area contributed by atoms with E-state index in [1.807, 2.05) is 0 Å². The summed E-state index contributed by atoms with van der Waals surface area (Å²) in [5.74, 6) is -1.66. The molecule has 1 fully saturated rings. The van der Waals surface area contributed by atoms with Crippen LogP contribution in [0.15, 0.2) is 24.3 Å². The number of halogens is 4. The maximum atomic E-state index is 13.6.